The fraction of sp³-hybridized carbons (Fsp3) is 0.632. The first-order valence-corrected chi connectivity index (χ1v) is 9.62. The van der Waals surface area contributed by atoms with E-state index in [4.69, 9.17) is 9.47 Å². The summed E-state index contributed by atoms with van der Waals surface area (Å²) in [5.74, 6) is 0.176. The molecule has 4 rings (SSSR count). The van der Waals surface area contributed by atoms with Gasteiger partial charge in [0.05, 0.1) is 43.7 Å². The van der Waals surface area contributed by atoms with E-state index in [1.165, 1.54) is 5.69 Å². The molecule has 0 aromatic heterocycles. The van der Waals surface area contributed by atoms with Gasteiger partial charge in [0.1, 0.15) is 0 Å². The van der Waals surface area contributed by atoms with E-state index in [0.717, 1.165) is 83.5 Å². The largest absolute Gasteiger partial charge is 0.378 e. The average molecular weight is 360 g/mol. The van der Waals surface area contributed by atoms with E-state index in [0.29, 0.717) is 0 Å². The molecule has 0 aliphatic carbocycles. The predicted molar refractivity (Wildman–Crippen MR) is 102 cm³/mol. The summed E-state index contributed by atoms with van der Waals surface area (Å²) in [4.78, 5) is 17.3. The zero-order chi connectivity index (χ0) is 17.8. The van der Waals surface area contributed by atoms with Gasteiger partial charge in [0.25, 0.3) is 0 Å². The van der Waals surface area contributed by atoms with Gasteiger partial charge in [0, 0.05) is 38.4 Å². The van der Waals surface area contributed by atoms with Gasteiger partial charge in [0.2, 0.25) is 5.91 Å². The second-order valence-corrected chi connectivity index (χ2v) is 7.08. The molecule has 7 nitrogen and oxygen atoms in total. The first-order chi connectivity index (χ1) is 12.8. The molecular weight excluding hydrogens is 332 g/mol. The second kappa shape index (κ2) is 8.24. The summed E-state index contributed by atoms with van der Waals surface area (Å²) in [6.45, 7) is 8.17. The van der Waals surface area contributed by atoms with Crippen LogP contribution in [0.1, 0.15) is 6.42 Å². The molecule has 0 spiro atoms. The van der Waals surface area contributed by atoms with Crippen LogP contribution in [0.3, 0.4) is 0 Å². The molecule has 7 heteroatoms. The van der Waals surface area contributed by atoms with Crippen molar-refractivity contribution in [3.63, 3.8) is 0 Å². The number of rotatable bonds is 4. The molecule has 3 fully saturated rings. The Balaban J connectivity index is 1.57. The Bertz CT molecular complexity index is 621. The maximum Gasteiger partial charge on any atom is 0.228 e. The van der Waals surface area contributed by atoms with Crippen LogP contribution in [0.2, 0.25) is 0 Å². The van der Waals surface area contributed by atoms with Crippen molar-refractivity contribution in [2.24, 2.45) is 5.92 Å². The number of hydrogen-bond donors (Lipinski definition) is 2. The standard InChI is InChI=1S/C19H28N4O3/c24-19(15-3-4-20-14-15)21-17-2-1-16(22-5-9-25-10-6-22)13-18(17)23-7-11-26-12-8-23/h1-2,13,15,20H,3-12,14H2,(H,21,24). The number of anilines is 3. The van der Waals surface area contributed by atoms with Crippen LogP contribution in [-0.2, 0) is 14.3 Å². The van der Waals surface area contributed by atoms with Crippen LogP contribution in [0.15, 0.2) is 18.2 Å². The van der Waals surface area contributed by atoms with Crippen LogP contribution >= 0.6 is 0 Å². The van der Waals surface area contributed by atoms with Crippen LogP contribution in [0.4, 0.5) is 17.1 Å². The van der Waals surface area contributed by atoms with Gasteiger partial charge >= 0.3 is 0 Å². The monoisotopic (exact) mass is 360 g/mol. The van der Waals surface area contributed by atoms with E-state index in [-0.39, 0.29) is 11.8 Å². The number of nitrogens with one attached hydrogen (secondary N) is 2. The normalized spacial score (nSPS) is 23.9. The van der Waals surface area contributed by atoms with Crippen LogP contribution < -0.4 is 20.4 Å². The highest BCUT2D eigenvalue weighted by Gasteiger charge is 2.25. The molecule has 3 aliphatic heterocycles. The van der Waals surface area contributed by atoms with Gasteiger partial charge in [-0.1, -0.05) is 0 Å². The molecule has 0 bridgehead atoms. The van der Waals surface area contributed by atoms with Crippen molar-refractivity contribution in [1.29, 1.82) is 0 Å². The zero-order valence-electron chi connectivity index (χ0n) is 15.2. The molecule has 0 saturated carbocycles. The lowest BCUT2D eigenvalue weighted by Crippen LogP contribution is -2.38. The van der Waals surface area contributed by atoms with Gasteiger partial charge in [0.15, 0.2) is 0 Å². The van der Waals surface area contributed by atoms with Crippen LogP contribution in [-0.4, -0.2) is 71.6 Å². The van der Waals surface area contributed by atoms with E-state index in [1.807, 2.05) is 0 Å². The van der Waals surface area contributed by atoms with Crippen molar-refractivity contribution in [2.75, 3.05) is 80.8 Å². The summed E-state index contributed by atoms with van der Waals surface area (Å²) in [6.07, 6.45) is 0.907. The smallest absolute Gasteiger partial charge is 0.228 e. The van der Waals surface area contributed by atoms with Crippen molar-refractivity contribution in [3.8, 4) is 0 Å². The van der Waals surface area contributed by atoms with Crippen LogP contribution in [0.25, 0.3) is 0 Å². The fourth-order valence-corrected chi connectivity index (χ4v) is 3.82. The zero-order valence-corrected chi connectivity index (χ0v) is 15.2. The fourth-order valence-electron chi connectivity index (χ4n) is 3.82. The Morgan fingerprint density at radius 1 is 1.04 bits per heavy atom. The number of nitrogens with zero attached hydrogens (tertiary/aromatic N) is 2. The van der Waals surface area contributed by atoms with E-state index in [9.17, 15) is 4.79 Å². The highest BCUT2D eigenvalue weighted by atomic mass is 16.5. The lowest BCUT2D eigenvalue weighted by Gasteiger charge is -2.33. The lowest BCUT2D eigenvalue weighted by atomic mass is 10.1. The molecule has 2 N–H and O–H groups in total. The molecular formula is C19H28N4O3. The topological polar surface area (TPSA) is 66.1 Å². The highest BCUT2D eigenvalue weighted by Crippen LogP contribution is 2.32. The Hall–Kier alpha value is -1.83. The van der Waals surface area contributed by atoms with Crippen molar-refractivity contribution < 1.29 is 14.3 Å². The van der Waals surface area contributed by atoms with E-state index in [1.54, 1.807) is 0 Å². The third-order valence-corrected chi connectivity index (χ3v) is 5.40. The van der Waals surface area contributed by atoms with Gasteiger partial charge < -0.3 is 29.9 Å². The maximum atomic E-state index is 12.6. The summed E-state index contributed by atoms with van der Waals surface area (Å²) < 4.78 is 11.0. The van der Waals surface area contributed by atoms with Gasteiger partial charge in [-0.2, -0.15) is 0 Å². The van der Waals surface area contributed by atoms with Crippen molar-refractivity contribution in [1.82, 2.24) is 5.32 Å². The number of carbonyl (C=O) groups is 1. The molecule has 3 aliphatic rings. The molecule has 0 radical (unpaired) electrons. The number of morpholine rings is 2. The third-order valence-electron chi connectivity index (χ3n) is 5.40. The highest BCUT2D eigenvalue weighted by molar-refractivity contribution is 5.96. The second-order valence-electron chi connectivity index (χ2n) is 7.08. The molecule has 3 heterocycles. The molecule has 3 saturated heterocycles. The number of ether oxygens (including phenoxy) is 2. The minimum Gasteiger partial charge on any atom is -0.378 e. The lowest BCUT2D eigenvalue weighted by molar-refractivity contribution is -0.119. The maximum absolute atomic E-state index is 12.6. The summed E-state index contributed by atoms with van der Waals surface area (Å²) in [5.41, 5.74) is 3.19. The van der Waals surface area contributed by atoms with E-state index in [2.05, 4.69) is 38.6 Å². The SMILES string of the molecule is O=C(Nc1ccc(N2CCOCC2)cc1N1CCOCC1)C1CCNC1. The number of amides is 1. The Labute approximate surface area is 154 Å². The summed E-state index contributed by atoms with van der Waals surface area (Å²) in [7, 11) is 0. The first-order valence-electron chi connectivity index (χ1n) is 9.62. The van der Waals surface area contributed by atoms with Crippen molar-refractivity contribution in [3.05, 3.63) is 18.2 Å². The van der Waals surface area contributed by atoms with Gasteiger partial charge in [-0.05, 0) is 31.2 Å². The predicted octanol–water partition coefficient (Wildman–Crippen LogP) is 0.908. The quantitative estimate of drug-likeness (QED) is 0.832. The molecule has 1 unspecified atom stereocenters. The van der Waals surface area contributed by atoms with Crippen molar-refractivity contribution >= 4 is 23.0 Å². The Morgan fingerprint density at radius 2 is 1.73 bits per heavy atom. The van der Waals surface area contributed by atoms with Gasteiger partial charge in [-0.15, -0.1) is 0 Å². The number of benzene rings is 1. The van der Waals surface area contributed by atoms with Crippen LogP contribution in [0, 0.1) is 5.92 Å². The summed E-state index contributed by atoms with van der Waals surface area (Å²) in [5, 5.41) is 6.44. The number of carbonyl (C=O) groups excluding carboxylic acids is 1. The Morgan fingerprint density at radius 3 is 2.38 bits per heavy atom. The molecule has 1 amide bonds. The van der Waals surface area contributed by atoms with Crippen LogP contribution in [0.5, 0.6) is 0 Å². The van der Waals surface area contributed by atoms with E-state index >= 15 is 0 Å². The van der Waals surface area contributed by atoms with Crippen molar-refractivity contribution in [2.45, 2.75) is 6.42 Å². The minimum atomic E-state index is 0.0615. The summed E-state index contributed by atoms with van der Waals surface area (Å²) >= 11 is 0. The Kier molecular flexibility index (Phi) is 5.57. The molecule has 26 heavy (non-hydrogen) atoms. The van der Waals surface area contributed by atoms with Gasteiger partial charge in [-0.25, -0.2) is 0 Å². The molecule has 1 aromatic carbocycles. The average Bonchev–Trinajstić information content (AvgIpc) is 3.25. The van der Waals surface area contributed by atoms with E-state index < -0.39 is 0 Å². The third kappa shape index (κ3) is 3.95. The number of hydrogen-bond acceptors (Lipinski definition) is 6. The summed E-state index contributed by atoms with van der Waals surface area (Å²) in [6, 6.07) is 6.37. The molecule has 1 aromatic rings. The van der Waals surface area contributed by atoms with Gasteiger partial charge in [-0.3, -0.25) is 4.79 Å². The minimum absolute atomic E-state index is 0.0615. The molecule has 1 atom stereocenters. The first kappa shape index (κ1) is 17.6. The molecule has 142 valence electrons.